The van der Waals surface area contributed by atoms with Gasteiger partial charge in [-0.25, -0.2) is 5.84 Å². The van der Waals surface area contributed by atoms with E-state index in [9.17, 15) is 0 Å². The van der Waals surface area contributed by atoms with E-state index in [1.165, 1.54) is 25.7 Å². The van der Waals surface area contributed by atoms with E-state index in [2.05, 4.69) is 31.2 Å². The molecule has 0 atom stereocenters. The highest BCUT2D eigenvalue weighted by Crippen LogP contribution is 2.39. The summed E-state index contributed by atoms with van der Waals surface area (Å²) in [6.07, 6.45) is 5.04. The van der Waals surface area contributed by atoms with E-state index in [1.807, 2.05) is 7.05 Å². The Labute approximate surface area is 93.5 Å². The monoisotopic (exact) mass is 211 g/mol. The molecule has 88 valence electrons. The van der Waals surface area contributed by atoms with Gasteiger partial charge in [0.2, 0.25) is 0 Å². The summed E-state index contributed by atoms with van der Waals surface area (Å²) in [5.74, 6) is 7.83. The van der Waals surface area contributed by atoms with Crippen molar-refractivity contribution < 1.29 is 0 Å². The molecule has 0 radical (unpaired) electrons. The molecule has 0 heterocycles. The van der Waals surface area contributed by atoms with Crippen molar-refractivity contribution in [3.8, 4) is 0 Å². The van der Waals surface area contributed by atoms with Crippen LogP contribution in [-0.4, -0.2) is 12.9 Å². The minimum absolute atomic E-state index is 0.449. The summed E-state index contributed by atoms with van der Waals surface area (Å²) in [4.78, 5) is 4.20. The number of hydrogen-bond donors (Lipinski definition) is 2. The van der Waals surface area contributed by atoms with Gasteiger partial charge in [0.25, 0.3) is 0 Å². The van der Waals surface area contributed by atoms with Crippen LogP contribution in [0.3, 0.4) is 0 Å². The predicted octanol–water partition coefficient (Wildman–Crippen LogP) is 2.33. The number of hydrazine groups is 1. The lowest BCUT2D eigenvalue weighted by atomic mass is 9.69. The van der Waals surface area contributed by atoms with Gasteiger partial charge in [-0.3, -0.25) is 4.99 Å². The smallest absolute Gasteiger partial charge is 0.113 e. The Kier molecular flexibility index (Phi) is 4.14. The lowest BCUT2D eigenvalue weighted by molar-refractivity contribution is 0.166. The van der Waals surface area contributed by atoms with Crippen LogP contribution in [0.1, 0.15) is 46.5 Å². The van der Waals surface area contributed by atoms with E-state index in [0.29, 0.717) is 11.3 Å². The van der Waals surface area contributed by atoms with Crippen molar-refractivity contribution in [1.82, 2.24) is 5.43 Å². The number of nitrogens with two attached hydrogens (primary N) is 1. The molecule has 3 nitrogen and oxygen atoms in total. The number of amidine groups is 1. The summed E-state index contributed by atoms with van der Waals surface area (Å²) in [5.41, 5.74) is 3.17. The van der Waals surface area contributed by atoms with Gasteiger partial charge in [0.1, 0.15) is 5.84 Å². The molecule has 1 aliphatic carbocycles. The summed E-state index contributed by atoms with van der Waals surface area (Å²) in [6.45, 7) is 7.02. The van der Waals surface area contributed by atoms with Gasteiger partial charge in [0, 0.05) is 13.0 Å². The van der Waals surface area contributed by atoms with Crippen LogP contribution in [0.4, 0.5) is 0 Å². The molecule has 0 saturated heterocycles. The SMILES string of the molecule is CN=C(NN)C1CCC(C(C)(C)C)CC1. The van der Waals surface area contributed by atoms with Crippen molar-refractivity contribution in [3.63, 3.8) is 0 Å². The zero-order valence-corrected chi connectivity index (χ0v) is 10.5. The first kappa shape index (κ1) is 12.5. The van der Waals surface area contributed by atoms with E-state index in [1.54, 1.807) is 0 Å². The molecule has 3 N–H and O–H groups in total. The molecular formula is C12H25N3. The molecule has 1 rings (SSSR count). The molecular weight excluding hydrogens is 186 g/mol. The highest BCUT2D eigenvalue weighted by atomic mass is 15.2. The Bertz CT molecular complexity index is 220. The van der Waals surface area contributed by atoms with Crippen LogP contribution in [0, 0.1) is 17.3 Å². The highest BCUT2D eigenvalue weighted by Gasteiger charge is 2.31. The molecule has 0 aromatic carbocycles. The van der Waals surface area contributed by atoms with Gasteiger partial charge < -0.3 is 5.43 Å². The zero-order valence-electron chi connectivity index (χ0n) is 10.5. The quantitative estimate of drug-likeness (QED) is 0.303. The first-order chi connectivity index (χ1) is 6.99. The number of nitrogens with zero attached hydrogens (tertiary/aromatic N) is 1. The van der Waals surface area contributed by atoms with Gasteiger partial charge in [-0.1, -0.05) is 20.8 Å². The van der Waals surface area contributed by atoms with Crippen LogP contribution >= 0.6 is 0 Å². The Morgan fingerprint density at radius 3 is 2.07 bits per heavy atom. The fourth-order valence-electron chi connectivity index (χ4n) is 2.60. The average Bonchev–Trinajstić information content (AvgIpc) is 2.19. The minimum Gasteiger partial charge on any atom is -0.312 e. The maximum Gasteiger partial charge on any atom is 0.113 e. The Hall–Kier alpha value is -0.570. The van der Waals surface area contributed by atoms with Crippen LogP contribution < -0.4 is 11.3 Å². The van der Waals surface area contributed by atoms with Gasteiger partial charge in [0.05, 0.1) is 0 Å². The molecule has 0 spiro atoms. The zero-order chi connectivity index (χ0) is 11.5. The molecule has 1 saturated carbocycles. The Morgan fingerprint density at radius 2 is 1.73 bits per heavy atom. The lowest BCUT2D eigenvalue weighted by Crippen LogP contribution is -2.39. The average molecular weight is 211 g/mol. The first-order valence-corrected chi connectivity index (χ1v) is 5.92. The maximum absolute atomic E-state index is 5.45. The van der Waals surface area contributed by atoms with Crippen molar-refractivity contribution in [2.45, 2.75) is 46.5 Å². The van der Waals surface area contributed by atoms with Gasteiger partial charge in [-0.2, -0.15) is 0 Å². The van der Waals surface area contributed by atoms with E-state index < -0.39 is 0 Å². The second-order valence-corrected chi connectivity index (χ2v) is 5.67. The summed E-state index contributed by atoms with van der Waals surface area (Å²) in [7, 11) is 1.81. The second kappa shape index (κ2) is 4.97. The molecule has 0 aromatic heterocycles. The van der Waals surface area contributed by atoms with Crippen molar-refractivity contribution in [2.24, 2.45) is 28.1 Å². The third kappa shape index (κ3) is 3.20. The minimum atomic E-state index is 0.449. The fourth-order valence-corrected chi connectivity index (χ4v) is 2.60. The maximum atomic E-state index is 5.45. The molecule has 0 unspecified atom stereocenters. The highest BCUT2D eigenvalue weighted by molar-refractivity contribution is 5.83. The van der Waals surface area contributed by atoms with Gasteiger partial charge >= 0.3 is 0 Å². The first-order valence-electron chi connectivity index (χ1n) is 5.92. The second-order valence-electron chi connectivity index (χ2n) is 5.67. The molecule has 15 heavy (non-hydrogen) atoms. The molecule has 0 amide bonds. The number of nitrogens with one attached hydrogen (secondary N) is 1. The Balaban J connectivity index is 2.49. The number of aliphatic imine (C=N–C) groups is 1. The van der Waals surface area contributed by atoms with E-state index in [-0.39, 0.29) is 0 Å². The normalized spacial score (nSPS) is 29.0. The topological polar surface area (TPSA) is 50.4 Å². The van der Waals surface area contributed by atoms with E-state index in [4.69, 9.17) is 5.84 Å². The van der Waals surface area contributed by atoms with Crippen LogP contribution in [0.2, 0.25) is 0 Å². The van der Waals surface area contributed by atoms with Crippen LogP contribution in [0.25, 0.3) is 0 Å². The summed E-state index contributed by atoms with van der Waals surface area (Å²) in [6, 6.07) is 0. The molecule has 0 aromatic rings. The van der Waals surface area contributed by atoms with E-state index in [0.717, 1.165) is 11.8 Å². The Morgan fingerprint density at radius 1 is 1.20 bits per heavy atom. The van der Waals surface area contributed by atoms with E-state index >= 15 is 0 Å². The van der Waals surface area contributed by atoms with Crippen LogP contribution in [0.5, 0.6) is 0 Å². The van der Waals surface area contributed by atoms with Crippen LogP contribution in [-0.2, 0) is 0 Å². The van der Waals surface area contributed by atoms with Crippen molar-refractivity contribution in [3.05, 3.63) is 0 Å². The third-order valence-corrected chi connectivity index (χ3v) is 3.73. The fraction of sp³-hybridized carbons (Fsp3) is 0.917. The molecule has 0 bridgehead atoms. The third-order valence-electron chi connectivity index (χ3n) is 3.73. The van der Waals surface area contributed by atoms with Crippen LogP contribution in [0.15, 0.2) is 4.99 Å². The molecule has 3 heteroatoms. The number of rotatable bonds is 1. The number of hydrogen-bond acceptors (Lipinski definition) is 2. The summed E-state index contributed by atoms with van der Waals surface area (Å²) < 4.78 is 0. The molecule has 1 aliphatic rings. The van der Waals surface area contributed by atoms with Crippen molar-refractivity contribution >= 4 is 5.84 Å². The van der Waals surface area contributed by atoms with Gasteiger partial charge in [-0.15, -0.1) is 0 Å². The summed E-state index contributed by atoms with van der Waals surface area (Å²) in [5, 5.41) is 0. The largest absolute Gasteiger partial charge is 0.312 e. The van der Waals surface area contributed by atoms with Gasteiger partial charge in [-0.05, 0) is 37.0 Å². The van der Waals surface area contributed by atoms with Crippen molar-refractivity contribution in [1.29, 1.82) is 0 Å². The van der Waals surface area contributed by atoms with Gasteiger partial charge in [0.15, 0.2) is 0 Å². The standard InChI is InChI=1S/C12H25N3/c1-12(2,3)10-7-5-9(6-8-10)11(14-4)15-13/h9-10H,5-8,13H2,1-4H3,(H,14,15). The summed E-state index contributed by atoms with van der Waals surface area (Å²) >= 11 is 0. The lowest BCUT2D eigenvalue weighted by Gasteiger charge is -2.37. The predicted molar refractivity (Wildman–Crippen MR) is 65.6 cm³/mol. The van der Waals surface area contributed by atoms with Crippen molar-refractivity contribution in [2.75, 3.05) is 7.05 Å². The molecule has 0 aliphatic heterocycles. The molecule has 1 fully saturated rings.